The van der Waals surface area contributed by atoms with E-state index in [-0.39, 0.29) is 11.8 Å². The van der Waals surface area contributed by atoms with Crippen molar-refractivity contribution < 1.29 is 9.53 Å². The van der Waals surface area contributed by atoms with Crippen molar-refractivity contribution in [2.75, 3.05) is 18.5 Å². The number of para-hydroxylation sites is 2. The highest BCUT2D eigenvalue weighted by atomic mass is 16.5. The third-order valence-electron chi connectivity index (χ3n) is 5.11. The molecule has 1 aliphatic heterocycles. The van der Waals surface area contributed by atoms with Gasteiger partial charge in [0, 0.05) is 25.2 Å². The van der Waals surface area contributed by atoms with Crippen molar-refractivity contribution in [2.45, 2.75) is 44.6 Å². The van der Waals surface area contributed by atoms with Gasteiger partial charge in [-0.05, 0) is 37.8 Å². The van der Waals surface area contributed by atoms with Crippen LogP contribution in [0.4, 0.5) is 5.95 Å². The van der Waals surface area contributed by atoms with Crippen LogP contribution in [-0.4, -0.2) is 28.7 Å². The van der Waals surface area contributed by atoms with E-state index in [4.69, 9.17) is 9.72 Å². The number of anilines is 1. The van der Waals surface area contributed by atoms with Gasteiger partial charge in [0.05, 0.1) is 11.0 Å². The van der Waals surface area contributed by atoms with Gasteiger partial charge in [0.1, 0.15) is 0 Å². The van der Waals surface area contributed by atoms with E-state index in [0.717, 1.165) is 29.8 Å². The molecule has 122 valence electrons. The largest absolute Gasteiger partial charge is 0.381 e. The normalized spacial score (nSPS) is 20.2. The van der Waals surface area contributed by atoms with E-state index in [1.807, 2.05) is 18.2 Å². The van der Waals surface area contributed by atoms with E-state index >= 15 is 0 Å². The van der Waals surface area contributed by atoms with Crippen LogP contribution in [0.15, 0.2) is 24.3 Å². The molecule has 1 saturated carbocycles. The topological polar surface area (TPSA) is 56.2 Å². The molecule has 2 fully saturated rings. The lowest BCUT2D eigenvalue weighted by molar-refractivity contribution is -0.122. The number of imidazole rings is 1. The van der Waals surface area contributed by atoms with Gasteiger partial charge in [-0.15, -0.1) is 0 Å². The maximum atomic E-state index is 12.6. The van der Waals surface area contributed by atoms with Crippen molar-refractivity contribution >= 4 is 22.9 Å². The summed E-state index contributed by atoms with van der Waals surface area (Å²) in [7, 11) is 0. The van der Waals surface area contributed by atoms with Crippen molar-refractivity contribution in [3.63, 3.8) is 0 Å². The molecule has 1 amide bonds. The molecule has 0 atom stereocenters. The molecule has 0 bridgehead atoms. The van der Waals surface area contributed by atoms with E-state index in [1.165, 1.54) is 25.7 Å². The number of benzene rings is 1. The number of aromatic nitrogens is 2. The van der Waals surface area contributed by atoms with Crippen molar-refractivity contribution in [1.82, 2.24) is 9.55 Å². The molecule has 2 aromatic rings. The van der Waals surface area contributed by atoms with Crippen LogP contribution in [-0.2, 0) is 9.53 Å². The summed E-state index contributed by atoms with van der Waals surface area (Å²) in [6, 6.07) is 8.61. The molecular formula is C18H23N3O2. The monoisotopic (exact) mass is 313 g/mol. The van der Waals surface area contributed by atoms with Crippen LogP contribution in [0.25, 0.3) is 11.0 Å². The van der Waals surface area contributed by atoms with E-state index in [2.05, 4.69) is 16.0 Å². The van der Waals surface area contributed by atoms with Crippen LogP contribution in [0, 0.1) is 5.92 Å². The Morgan fingerprint density at radius 1 is 1.13 bits per heavy atom. The molecule has 0 spiro atoms. The maximum Gasteiger partial charge on any atom is 0.229 e. The van der Waals surface area contributed by atoms with Crippen molar-refractivity contribution in [3.05, 3.63) is 24.3 Å². The number of nitrogens with one attached hydrogen (secondary N) is 1. The minimum Gasteiger partial charge on any atom is -0.381 e. The molecule has 4 rings (SSSR count). The number of fused-ring (bicyclic) bond motifs is 1. The second-order valence-corrected chi connectivity index (χ2v) is 6.61. The van der Waals surface area contributed by atoms with E-state index < -0.39 is 0 Å². The van der Waals surface area contributed by atoms with Crippen LogP contribution in [0.5, 0.6) is 0 Å². The number of carbonyl (C=O) groups is 1. The Morgan fingerprint density at radius 3 is 2.65 bits per heavy atom. The van der Waals surface area contributed by atoms with Gasteiger partial charge in [0.25, 0.3) is 0 Å². The lowest BCUT2D eigenvalue weighted by atomic mass is 10.00. The second kappa shape index (κ2) is 6.32. The first-order valence-corrected chi connectivity index (χ1v) is 8.68. The summed E-state index contributed by atoms with van der Waals surface area (Å²) in [5.74, 6) is 0.845. The predicted octanol–water partition coefficient (Wildman–Crippen LogP) is 3.52. The van der Waals surface area contributed by atoms with E-state index in [9.17, 15) is 4.79 Å². The minimum atomic E-state index is 0.0422. The third kappa shape index (κ3) is 2.85. The van der Waals surface area contributed by atoms with Crippen LogP contribution in [0.1, 0.15) is 44.6 Å². The molecule has 5 nitrogen and oxygen atoms in total. The lowest BCUT2D eigenvalue weighted by Gasteiger charge is -2.22. The van der Waals surface area contributed by atoms with Crippen LogP contribution >= 0.6 is 0 Å². The number of nitrogens with zero attached hydrogens (tertiary/aromatic N) is 2. The Bertz CT molecular complexity index is 697. The highest BCUT2D eigenvalue weighted by Crippen LogP contribution is 2.35. The number of ether oxygens (including phenoxy) is 1. The molecule has 2 heterocycles. The summed E-state index contributed by atoms with van der Waals surface area (Å²) in [4.78, 5) is 17.3. The Balaban J connectivity index is 1.65. The first kappa shape index (κ1) is 14.7. The average Bonchev–Trinajstić information content (AvgIpc) is 3.22. The van der Waals surface area contributed by atoms with Gasteiger partial charge >= 0.3 is 0 Å². The summed E-state index contributed by atoms with van der Waals surface area (Å²) >= 11 is 0. The molecule has 1 aromatic heterocycles. The first-order valence-electron chi connectivity index (χ1n) is 8.68. The maximum absolute atomic E-state index is 12.6. The molecule has 1 aromatic carbocycles. The minimum absolute atomic E-state index is 0.0422. The molecule has 1 aliphatic carbocycles. The molecule has 23 heavy (non-hydrogen) atoms. The van der Waals surface area contributed by atoms with Crippen LogP contribution in [0.2, 0.25) is 0 Å². The number of hydrogen-bond donors (Lipinski definition) is 1. The Morgan fingerprint density at radius 2 is 1.87 bits per heavy atom. The highest BCUT2D eigenvalue weighted by Gasteiger charge is 2.26. The van der Waals surface area contributed by atoms with E-state index in [0.29, 0.717) is 19.3 Å². The van der Waals surface area contributed by atoms with Gasteiger partial charge < -0.3 is 9.30 Å². The molecule has 1 N–H and O–H groups in total. The Hall–Kier alpha value is -1.88. The Kier molecular flexibility index (Phi) is 4.04. The molecule has 2 aliphatic rings. The quantitative estimate of drug-likeness (QED) is 0.943. The summed E-state index contributed by atoms with van der Waals surface area (Å²) < 4.78 is 7.60. The molecule has 5 heteroatoms. The van der Waals surface area contributed by atoms with Crippen molar-refractivity contribution in [2.24, 2.45) is 5.92 Å². The Labute approximate surface area is 136 Å². The zero-order valence-electron chi connectivity index (χ0n) is 13.3. The molecule has 1 saturated heterocycles. The smallest absolute Gasteiger partial charge is 0.229 e. The van der Waals surface area contributed by atoms with Gasteiger partial charge in [0.15, 0.2) is 0 Å². The average molecular weight is 313 g/mol. The standard InChI is InChI=1S/C18H23N3O2/c22-17(13-9-11-23-12-10-13)20-18-19-15-7-3-4-8-16(15)21(18)14-5-1-2-6-14/h3-4,7-8,13-14H,1-2,5-6,9-12H2,(H,19,20,22). The first-order chi connectivity index (χ1) is 11.3. The van der Waals surface area contributed by atoms with Crippen LogP contribution < -0.4 is 5.32 Å². The second-order valence-electron chi connectivity index (χ2n) is 6.61. The molecule has 0 radical (unpaired) electrons. The zero-order valence-corrected chi connectivity index (χ0v) is 13.3. The lowest BCUT2D eigenvalue weighted by Crippen LogP contribution is -2.29. The number of rotatable bonds is 3. The molecular weight excluding hydrogens is 290 g/mol. The number of amides is 1. The molecule has 0 unspecified atom stereocenters. The summed E-state index contributed by atoms with van der Waals surface area (Å²) in [6.45, 7) is 1.36. The summed E-state index contributed by atoms with van der Waals surface area (Å²) in [6.07, 6.45) is 6.45. The van der Waals surface area contributed by atoms with Crippen LogP contribution in [0.3, 0.4) is 0 Å². The van der Waals surface area contributed by atoms with Gasteiger partial charge in [-0.25, -0.2) is 4.98 Å². The van der Waals surface area contributed by atoms with Gasteiger partial charge in [-0.2, -0.15) is 0 Å². The fourth-order valence-corrected chi connectivity index (χ4v) is 3.84. The fraction of sp³-hybridized carbons (Fsp3) is 0.556. The summed E-state index contributed by atoms with van der Waals surface area (Å²) in [5.41, 5.74) is 2.09. The van der Waals surface area contributed by atoms with E-state index in [1.54, 1.807) is 0 Å². The predicted molar refractivity (Wildman–Crippen MR) is 89.4 cm³/mol. The number of hydrogen-bond acceptors (Lipinski definition) is 3. The van der Waals surface area contributed by atoms with Gasteiger partial charge in [-0.3, -0.25) is 10.1 Å². The van der Waals surface area contributed by atoms with Crippen molar-refractivity contribution in [1.29, 1.82) is 0 Å². The third-order valence-corrected chi connectivity index (χ3v) is 5.11. The number of carbonyl (C=O) groups excluding carboxylic acids is 1. The SMILES string of the molecule is O=C(Nc1nc2ccccc2n1C1CCCC1)C1CCOCC1. The zero-order chi connectivity index (χ0) is 15.6. The highest BCUT2D eigenvalue weighted by molar-refractivity contribution is 5.93. The van der Waals surface area contributed by atoms with Gasteiger partial charge in [0.2, 0.25) is 11.9 Å². The van der Waals surface area contributed by atoms with Gasteiger partial charge in [-0.1, -0.05) is 25.0 Å². The van der Waals surface area contributed by atoms with Crippen molar-refractivity contribution in [3.8, 4) is 0 Å². The fourth-order valence-electron chi connectivity index (χ4n) is 3.84. The summed E-state index contributed by atoms with van der Waals surface area (Å²) in [5, 5.41) is 3.10.